The third-order valence-corrected chi connectivity index (χ3v) is 7.41. The fourth-order valence-electron chi connectivity index (χ4n) is 5.68. The Bertz CT molecular complexity index is 2080. The Morgan fingerprint density at radius 3 is 1.89 bits per heavy atom. The smallest absolute Gasteiger partial charge is 0.144 e. The molecule has 5 aromatic carbocycles. The summed E-state index contributed by atoms with van der Waals surface area (Å²) in [5.74, 6) is 0.881. The molecule has 0 spiro atoms. The van der Waals surface area contributed by atoms with Gasteiger partial charge in [-0.3, -0.25) is 4.57 Å². The second-order valence-electron chi connectivity index (χ2n) is 9.62. The third kappa shape index (κ3) is 3.12. The van der Waals surface area contributed by atoms with Crippen LogP contribution in [0.15, 0.2) is 138 Å². The molecule has 0 fully saturated rings. The molecule has 0 radical (unpaired) electrons. The number of hydrogen-bond donors (Lipinski definition) is 0. The van der Waals surface area contributed by atoms with Crippen LogP contribution < -0.4 is 0 Å². The molecular weight excluding hydrogens is 464 g/mol. The van der Waals surface area contributed by atoms with Gasteiger partial charge in [0.1, 0.15) is 17.0 Å². The molecular formula is C35H22N2O. The van der Waals surface area contributed by atoms with Crippen molar-refractivity contribution in [2.45, 2.75) is 0 Å². The van der Waals surface area contributed by atoms with Gasteiger partial charge in [-0.2, -0.15) is 0 Å². The van der Waals surface area contributed by atoms with Crippen LogP contribution in [0, 0.1) is 0 Å². The van der Waals surface area contributed by atoms with Crippen LogP contribution in [-0.2, 0) is 0 Å². The number of fused-ring (bicyclic) bond motifs is 6. The van der Waals surface area contributed by atoms with E-state index < -0.39 is 0 Å². The van der Waals surface area contributed by atoms with E-state index in [1.165, 1.54) is 10.8 Å². The number of pyridine rings is 1. The molecule has 0 saturated heterocycles. The Labute approximate surface area is 219 Å². The lowest BCUT2D eigenvalue weighted by molar-refractivity contribution is 0.670. The van der Waals surface area contributed by atoms with E-state index in [9.17, 15) is 0 Å². The lowest BCUT2D eigenvalue weighted by atomic mass is 10.0. The second-order valence-corrected chi connectivity index (χ2v) is 9.62. The average Bonchev–Trinajstić information content (AvgIpc) is 3.53. The van der Waals surface area contributed by atoms with Crippen LogP contribution in [0.3, 0.4) is 0 Å². The molecule has 0 unspecified atom stereocenters. The van der Waals surface area contributed by atoms with Crippen LogP contribution in [-0.4, -0.2) is 9.55 Å². The van der Waals surface area contributed by atoms with Crippen molar-refractivity contribution in [3.05, 3.63) is 133 Å². The van der Waals surface area contributed by atoms with Crippen molar-refractivity contribution in [3.8, 4) is 28.2 Å². The highest BCUT2D eigenvalue weighted by atomic mass is 16.3. The lowest BCUT2D eigenvalue weighted by Crippen LogP contribution is -2.00. The third-order valence-electron chi connectivity index (χ3n) is 7.41. The Morgan fingerprint density at radius 1 is 0.500 bits per heavy atom. The molecule has 8 aromatic rings. The summed E-state index contributed by atoms with van der Waals surface area (Å²) in [7, 11) is 0. The molecule has 8 rings (SSSR count). The first-order valence-electron chi connectivity index (χ1n) is 12.8. The maximum absolute atomic E-state index is 6.41. The Kier molecular flexibility index (Phi) is 4.52. The van der Waals surface area contributed by atoms with Crippen molar-refractivity contribution in [1.82, 2.24) is 9.55 Å². The highest BCUT2D eigenvalue weighted by Gasteiger charge is 2.18. The van der Waals surface area contributed by atoms with Gasteiger partial charge in [0.2, 0.25) is 0 Å². The van der Waals surface area contributed by atoms with Gasteiger partial charge in [-0.05, 0) is 47.5 Å². The molecule has 38 heavy (non-hydrogen) atoms. The zero-order chi connectivity index (χ0) is 25.1. The monoisotopic (exact) mass is 486 g/mol. The van der Waals surface area contributed by atoms with Crippen LogP contribution in [0.2, 0.25) is 0 Å². The predicted octanol–water partition coefficient (Wildman–Crippen LogP) is 9.41. The summed E-state index contributed by atoms with van der Waals surface area (Å²) in [5.41, 5.74) is 8.15. The highest BCUT2D eigenvalue weighted by Crippen LogP contribution is 2.38. The van der Waals surface area contributed by atoms with Crippen molar-refractivity contribution >= 4 is 43.7 Å². The van der Waals surface area contributed by atoms with E-state index in [0.717, 1.165) is 61.2 Å². The Morgan fingerprint density at radius 2 is 1.13 bits per heavy atom. The predicted molar refractivity (Wildman–Crippen MR) is 157 cm³/mol. The van der Waals surface area contributed by atoms with Gasteiger partial charge in [0.25, 0.3) is 0 Å². The molecule has 178 valence electrons. The lowest BCUT2D eigenvalue weighted by Gasteiger charge is -2.13. The highest BCUT2D eigenvalue weighted by molar-refractivity contribution is 6.10. The molecule has 0 aliphatic rings. The number of para-hydroxylation sites is 4. The second kappa shape index (κ2) is 8.19. The average molecular weight is 487 g/mol. The maximum atomic E-state index is 6.41. The molecule has 0 saturated carbocycles. The number of benzene rings is 5. The van der Waals surface area contributed by atoms with Crippen molar-refractivity contribution in [2.75, 3.05) is 0 Å². The molecule has 0 aliphatic carbocycles. The van der Waals surface area contributed by atoms with E-state index in [1.807, 2.05) is 12.1 Å². The number of rotatable bonds is 3. The number of hydrogen-bond acceptors (Lipinski definition) is 2. The van der Waals surface area contributed by atoms with Gasteiger partial charge in [-0.1, -0.05) is 97.1 Å². The molecule has 3 nitrogen and oxygen atoms in total. The van der Waals surface area contributed by atoms with Crippen molar-refractivity contribution in [3.63, 3.8) is 0 Å². The maximum Gasteiger partial charge on any atom is 0.144 e. The summed E-state index contributed by atoms with van der Waals surface area (Å²) >= 11 is 0. The molecule has 0 aliphatic heterocycles. The SMILES string of the molecule is c1ccc(-c2cc(-c3cccc4c3oc3ccccc34)nc(-n3c4ccccc4c4ccccc43)c2)cc1. The first kappa shape index (κ1) is 21.0. The summed E-state index contributed by atoms with van der Waals surface area (Å²) in [6.45, 7) is 0. The fraction of sp³-hybridized carbons (Fsp3) is 0. The van der Waals surface area contributed by atoms with Crippen LogP contribution in [0.1, 0.15) is 0 Å². The minimum atomic E-state index is 0.861. The van der Waals surface area contributed by atoms with Crippen molar-refractivity contribution in [1.29, 1.82) is 0 Å². The van der Waals surface area contributed by atoms with Gasteiger partial charge in [-0.25, -0.2) is 4.98 Å². The standard InChI is InChI=1S/C35H22N2O/c1-2-11-23(12-3-1)24-21-30(29-17-10-16-28-27-15-6-9-20-33(27)38-35(28)29)36-34(22-24)37-31-18-7-4-13-25(31)26-14-5-8-19-32(26)37/h1-22H. The van der Waals surface area contributed by atoms with Gasteiger partial charge >= 0.3 is 0 Å². The fourth-order valence-corrected chi connectivity index (χ4v) is 5.68. The molecule has 0 bridgehead atoms. The van der Waals surface area contributed by atoms with Crippen LogP contribution in [0.4, 0.5) is 0 Å². The Balaban J connectivity index is 1.47. The molecule has 3 heterocycles. The number of aromatic nitrogens is 2. The zero-order valence-electron chi connectivity index (χ0n) is 20.5. The van der Waals surface area contributed by atoms with Crippen molar-refractivity contribution < 1.29 is 4.42 Å². The van der Waals surface area contributed by atoms with Gasteiger partial charge in [0.15, 0.2) is 0 Å². The van der Waals surface area contributed by atoms with Crippen LogP contribution in [0.5, 0.6) is 0 Å². The van der Waals surface area contributed by atoms with Gasteiger partial charge < -0.3 is 4.42 Å². The van der Waals surface area contributed by atoms with Crippen molar-refractivity contribution in [2.24, 2.45) is 0 Å². The van der Waals surface area contributed by atoms with Gasteiger partial charge in [0.05, 0.1) is 16.7 Å². The first-order chi connectivity index (χ1) is 18.8. The summed E-state index contributed by atoms with van der Waals surface area (Å²) in [6.07, 6.45) is 0. The normalized spacial score (nSPS) is 11.7. The number of furan rings is 1. The van der Waals surface area contributed by atoms with E-state index in [0.29, 0.717) is 0 Å². The van der Waals surface area contributed by atoms with E-state index in [1.54, 1.807) is 0 Å². The summed E-state index contributed by atoms with van der Waals surface area (Å²) < 4.78 is 8.68. The first-order valence-corrected chi connectivity index (χ1v) is 12.8. The minimum absolute atomic E-state index is 0.861. The molecule has 0 atom stereocenters. The quantitative estimate of drug-likeness (QED) is 0.249. The summed E-state index contributed by atoms with van der Waals surface area (Å²) in [5, 5.41) is 4.65. The largest absolute Gasteiger partial charge is 0.455 e. The van der Waals surface area contributed by atoms with E-state index >= 15 is 0 Å². The Hall–Kier alpha value is -5.15. The molecule has 3 heteroatoms. The molecule has 0 amide bonds. The van der Waals surface area contributed by atoms with Gasteiger partial charge in [0, 0.05) is 27.1 Å². The molecule has 3 aromatic heterocycles. The summed E-state index contributed by atoms with van der Waals surface area (Å²) in [4.78, 5) is 5.30. The molecule has 0 N–H and O–H groups in total. The van der Waals surface area contributed by atoms with E-state index in [-0.39, 0.29) is 0 Å². The minimum Gasteiger partial charge on any atom is -0.455 e. The number of nitrogens with zero attached hydrogens (tertiary/aromatic N) is 2. The van der Waals surface area contributed by atoms with E-state index in [2.05, 4.69) is 126 Å². The topological polar surface area (TPSA) is 31.0 Å². The van der Waals surface area contributed by atoms with Crippen LogP contribution >= 0.6 is 0 Å². The van der Waals surface area contributed by atoms with Crippen LogP contribution in [0.25, 0.3) is 71.9 Å². The van der Waals surface area contributed by atoms with Gasteiger partial charge in [-0.15, -0.1) is 0 Å². The zero-order valence-corrected chi connectivity index (χ0v) is 20.5. The summed E-state index contributed by atoms with van der Waals surface area (Å²) in [6, 6.07) is 46.5. The van der Waals surface area contributed by atoms with E-state index in [4.69, 9.17) is 9.40 Å².